The Morgan fingerprint density at radius 2 is 2.33 bits per heavy atom. The van der Waals surface area contributed by atoms with Gasteiger partial charge in [-0.1, -0.05) is 0 Å². The van der Waals surface area contributed by atoms with Gasteiger partial charge in [0.25, 0.3) is 0 Å². The molecule has 0 radical (unpaired) electrons. The molecule has 0 bridgehead atoms. The Labute approximate surface area is 102 Å². The summed E-state index contributed by atoms with van der Waals surface area (Å²) in [5.74, 6) is -0.538. The molecule has 1 aromatic carbocycles. The summed E-state index contributed by atoms with van der Waals surface area (Å²) in [5.41, 5.74) is 1.72. The van der Waals surface area contributed by atoms with Crippen LogP contribution in [-0.4, -0.2) is 23.5 Å². The lowest BCUT2D eigenvalue weighted by molar-refractivity contribution is -0.117. The van der Waals surface area contributed by atoms with Crippen LogP contribution in [0.2, 0.25) is 0 Å². The Morgan fingerprint density at radius 3 is 3.11 bits per heavy atom. The second-order valence-corrected chi connectivity index (χ2v) is 4.36. The number of aromatic nitrogens is 1. The summed E-state index contributed by atoms with van der Waals surface area (Å²) < 4.78 is 4.89. The highest BCUT2D eigenvalue weighted by atomic mass is 16.4. The van der Waals surface area contributed by atoms with E-state index in [9.17, 15) is 9.59 Å². The van der Waals surface area contributed by atoms with Gasteiger partial charge in [0.2, 0.25) is 5.91 Å². The molecule has 0 aliphatic carbocycles. The first kappa shape index (κ1) is 11.0. The number of carbonyl (C=O) groups is 1. The van der Waals surface area contributed by atoms with Gasteiger partial charge in [0.05, 0.1) is 11.6 Å². The number of nitrogens with one attached hydrogen (secondary N) is 3. The van der Waals surface area contributed by atoms with Crippen molar-refractivity contribution in [2.24, 2.45) is 0 Å². The molecule has 1 atom stereocenters. The van der Waals surface area contributed by atoms with Crippen molar-refractivity contribution in [1.29, 1.82) is 0 Å². The minimum absolute atomic E-state index is 0.0438. The summed E-state index contributed by atoms with van der Waals surface area (Å²) >= 11 is 0. The normalized spacial score (nSPS) is 19.2. The maximum Gasteiger partial charge on any atom is 0.417 e. The molecular formula is C12H13N3O3. The van der Waals surface area contributed by atoms with Gasteiger partial charge in [-0.2, -0.15) is 0 Å². The van der Waals surface area contributed by atoms with Crippen molar-refractivity contribution in [3.8, 4) is 0 Å². The average molecular weight is 247 g/mol. The number of anilines is 1. The summed E-state index contributed by atoms with van der Waals surface area (Å²) in [6.45, 7) is 0.881. The molecule has 1 unspecified atom stereocenters. The highest BCUT2D eigenvalue weighted by Gasteiger charge is 2.21. The van der Waals surface area contributed by atoms with Gasteiger partial charge in [0.1, 0.15) is 0 Å². The molecule has 0 saturated carbocycles. The van der Waals surface area contributed by atoms with E-state index in [4.69, 9.17) is 4.42 Å². The number of H-pyrrole nitrogens is 1. The third-order valence-electron chi connectivity index (χ3n) is 3.06. The zero-order valence-corrected chi connectivity index (χ0v) is 9.66. The summed E-state index contributed by atoms with van der Waals surface area (Å²) in [6, 6.07) is 4.94. The quantitative estimate of drug-likeness (QED) is 0.733. The van der Waals surface area contributed by atoms with Gasteiger partial charge in [-0.3, -0.25) is 9.78 Å². The van der Waals surface area contributed by atoms with E-state index in [0.29, 0.717) is 16.8 Å². The van der Waals surface area contributed by atoms with E-state index in [1.807, 2.05) is 0 Å². The van der Waals surface area contributed by atoms with Crippen molar-refractivity contribution in [2.45, 2.75) is 18.9 Å². The van der Waals surface area contributed by atoms with Crippen molar-refractivity contribution in [2.75, 3.05) is 11.9 Å². The summed E-state index contributed by atoms with van der Waals surface area (Å²) in [5, 5.41) is 5.95. The standard InChI is InChI=1S/C12H13N3O3/c16-11(8-2-1-5-13-8)14-7-3-4-10-9(6-7)15-12(17)18-10/h3-4,6,8,13H,1-2,5H2,(H,14,16)(H,15,17). The fourth-order valence-corrected chi connectivity index (χ4v) is 2.17. The van der Waals surface area contributed by atoms with Crippen molar-refractivity contribution in [1.82, 2.24) is 10.3 Å². The van der Waals surface area contributed by atoms with Crippen LogP contribution >= 0.6 is 0 Å². The highest BCUT2D eigenvalue weighted by Crippen LogP contribution is 2.17. The van der Waals surface area contributed by atoms with Gasteiger partial charge in [-0.15, -0.1) is 0 Å². The smallest absolute Gasteiger partial charge is 0.408 e. The maximum absolute atomic E-state index is 11.9. The van der Waals surface area contributed by atoms with E-state index >= 15 is 0 Å². The fourth-order valence-electron chi connectivity index (χ4n) is 2.17. The Morgan fingerprint density at radius 1 is 1.44 bits per heavy atom. The van der Waals surface area contributed by atoms with E-state index in [1.54, 1.807) is 18.2 Å². The van der Waals surface area contributed by atoms with E-state index < -0.39 is 5.76 Å². The van der Waals surface area contributed by atoms with Crippen molar-refractivity contribution in [3.63, 3.8) is 0 Å². The number of hydrogen-bond acceptors (Lipinski definition) is 4. The molecule has 18 heavy (non-hydrogen) atoms. The van der Waals surface area contributed by atoms with E-state index in [1.165, 1.54) is 0 Å². The van der Waals surface area contributed by atoms with Crippen LogP contribution in [-0.2, 0) is 4.79 Å². The zero-order valence-electron chi connectivity index (χ0n) is 9.66. The van der Waals surface area contributed by atoms with Crippen LogP contribution in [0.1, 0.15) is 12.8 Å². The van der Waals surface area contributed by atoms with Crippen LogP contribution in [0.3, 0.4) is 0 Å². The first-order valence-electron chi connectivity index (χ1n) is 5.89. The SMILES string of the molecule is O=C(Nc1ccc2oc(=O)[nH]c2c1)C1CCCN1. The molecule has 2 heterocycles. The number of aromatic amines is 1. The Balaban J connectivity index is 1.81. The number of oxazole rings is 1. The largest absolute Gasteiger partial charge is 0.417 e. The van der Waals surface area contributed by atoms with E-state index in [2.05, 4.69) is 15.6 Å². The number of amides is 1. The van der Waals surface area contributed by atoms with Crippen molar-refractivity contribution < 1.29 is 9.21 Å². The Bertz CT molecular complexity index is 637. The third-order valence-corrected chi connectivity index (χ3v) is 3.06. The van der Waals surface area contributed by atoms with Crippen LogP contribution in [0.5, 0.6) is 0 Å². The molecule has 3 N–H and O–H groups in total. The molecule has 1 amide bonds. The summed E-state index contributed by atoms with van der Waals surface area (Å²) in [7, 11) is 0. The average Bonchev–Trinajstić information content (AvgIpc) is 2.95. The Kier molecular flexibility index (Phi) is 2.64. The molecule has 0 spiro atoms. The van der Waals surface area contributed by atoms with Crippen molar-refractivity contribution >= 4 is 22.7 Å². The second kappa shape index (κ2) is 4.30. The molecule has 1 aliphatic rings. The fraction of sp³-hybridized carbons (Fsp3) is 0.333. The molecule has 2 aromatic rings. The van der Waals surface area contributed by atoms with Crippen LogP contribution in [0, 0.1) is 0 Å². The summed E-state index contributed by atoms with van der Waals surface area (Å²) in [4.78, 5) is 25.5. The zero-order chi connectivity index (χ0) is 12.5. The predicted octanol–water partition coefficient (Wildman–Crippen LogP) is 0.812. The van der Waals surface area contributed by atoms with Gasteiger partial charge in [-0.25, -0.2) is 4.79 Å². The lowest BCUT2D eigenvalue weighted by Crippen LogP contribution is -2.35. The highest BCUT2D eigenvalue weighted by molar-refractivity contribution is 5.96. The summed E-state index contributed by atoms with van der Waals surface area (Å²) in [6.07, 6.45) is 1.88. The number of rotatable bonds is 2. The first-order chi connectivity index (χ1) is 8.72. The topological polar surface area (TPSA) is 87.1 Å². The molecule has 6 heteroatoms. The molecule has 6 nitrogen and oxygen atoms in total. The number of carbonyl (C=O) groups excluding carboxylic acids is 1. The lowest BCUT2D eigenvalue weighted by atomic mass is 10.2. The number of fused-ring (bicyclic) bond motifs is 1. The van der Waals surface area contributed by atoms with Crippen LogP contribution in [0.25, 0.3) is 11.1 Å². The Hall–Kier alpha value is -2.08. The molecule has 94 valence electrons. The molecule has 1 aliphatic heterocycles. The van der Waals surface area contributed by atoms with Gasteiger partial charge in [0.15, 0.2) is 5.58 Å². The maximum atomic E-state index is 11.9. The number of hydrogen-bond donors (Lipinski definition) is 3. The molecule has 1 fully saturated rings. The molecular weight excluding hydrogens is 234 g/mol. The second-order valence-electron chi connectivity index (χ2n) is 4.36. The van der Waals surface area contributed by atoms with Crippen LogP contribution in [0.15, 0.2) is 27.4 Å². The molecule has 3 rings (SSSR count). The van der Waals surface area contributed by atoms with Crippen molar-refractivity contribution in [3.05, 3.63) is 28.7 Å². The minimum Gasteiger partial charge on any atom is -0.408 e. The third kappa shape index (κ3) is 2.02. The lowest BCUT2D eigenvalue weighted by Gasteiger charge is -2.10. The van der Waals surface area contributed by atoms with Crippen LogP contribution in [0.4, 0.5) is 5.69 Å². The van der Waals surface area contributed by atoms with Gasteiger partial charge < -0.3 is 15.1 Å². The van der Waals surface area contributed by atoms with E-state index in [-0.39, 0.29) is 11.9 Å². The molecule has 1 saturated heterocycles. The molecule has 1 aromatic heterocycles. The van der Waals surface area contributed by atoms with Gasteiger partial charge in [-0.05, 0) is 37.6 Å². The first-order valence-corrected chi connectivity index (χ1v) is 5.89. The minimum atomic E-state index is -0.495. The van der Waals surface area contributed by atoms with Gasteiger partial charge >= 0.3 is 5.76 Å². The van der Waals surface area contributed by atoms with Gasteiger partial charge in [0, 0.05) is 5.69 Å². The van der Waals surface area contributed by atoms with E-state index in [0.717, 1.165) is 19.4 Å². The van der Waals surface area contributed by atoms with Crippen LogP contribution < -0.4 is 16.4 Å². The predicted molar refractivity (Wildman–Crippen MR) is 66.5 cm³/mol. The monoisotopic (exact) mass is 247 g/mol. The number of benzene rings is 1.